The molecule has 1 atom stereocenters. The van der Waals surface area contributed by atoms with E-state index in [1.165, 1.54) is 22.8 Å². The summed E-state index contributed by atoms with van der Waals surface area (Å²) in [6.45, 7) is -0.250. The lowest BCUT2D eigenvalue weighted by Crippen LogP contribution is -2.43. The van der Waals surface area contributed by atoms with Crippen molar-refractivity contribution in [3.63, 3.8) is 0 Å². The van der Waals surface area contributed by atoms with Crippen LogP contribution in [0.15, 0.2) is 42.5 Å². The number of aromatic nitrogens is 1. The van der Waals surface area contributed by atoms with Gasteiger partial charge in [-0.05, 0) is 48.7 Å². The zero-order chi connectivity index (χ0) is 28.0. The van der Waals surface area contributed by atoms with Crippen molar-refractivity contribution in [2.45, 2.75) is 43.4 Å². The number of benzene rings is 2. The summed E-state index contributed by atoms with van der Waals surface area (Å²) < 4.78 is 82.2. The van der Waals surface area contributed by atoms with Crippen molar-refractivity contribution in [2.75, 3.05) is 0 Å². The van der Waals surface area contributed by atoms with E-state index in [2.05, 4.69) is 11.2 Å². The molecule has 200 valence electrons. The third-order valence-corrected chi connectivity index (χ3v) is 6.33. The second-order valence-corrected chi connectivity index (χ2v) is 9.30. The molecule has 0 saturated heterocycles. The molecule has 4 N–H and O–H groups in total. The number of hydrogen-bond acceptors (Lipinski definition) is 3. The second kappa shape index (κ2) is 9.56. The summed E-state index contributed by atoms with van der Waals surface area (Å²) in [4.78, 5) is 25.7. The van der Waals surface area contributed by atoms with E-state index in [9.17, 15) is 35.9 Å². The van der Waals surface area contributed by atoms with E-state index in [1.54, 1.807) is 5.32 Å². The molecule has 2 aromatic carbocycles. The highest BCUT2D eigenvalue weighted by Crippen LogP contribution is 2.37. The Bertz CT molecular complexity index is 1470. The number of halogens is 7. The topological polar surface area (TPSA) is 89.2 Å². The smallest absolute Gasteiger partial charge is 0.335 e. The summed E-state index contributed by atoms with van der Waals surface area (Å²) in [6, 6.07) is 3.74. The highest BCUT2D eigenvalue weighted by molar-refractivity contribution is 6.34. The van der Waals surface area contributed by atoms with Gasteiger partial charge in [-0.15, -0.1) is 6.42 Å². The van der Waals surface area contributed by atoms with Crippen molar-refractivity contribution >= 4 is 34.3 Å². The minimum atomic E-state index is -5.13. The van der Waals surface area contributed by atoms with Gasteiger partial charge in [0, 0.05) is 5.39 Å². The van der Waals surface area contributed by atoms with Gasteiger partial charge in [0.15, 0.2) is 6.04 Å². The van der Waals surface area contributed by atoms with Gasteiger partial charge in [0.2, 0.25) is 0 Å². The van der Waals surface area contributed by atoms with E-state index in [0.29, 0.717) is 25.0 Å². The van der Waals surface area contributed by atoms with E-state index in [0.717, 1.165) is 12.1 Å². The van der Waals surface area contributed by atoms with Crippen LogP contribution in [-0.2, 0) is 12.7 Å². The van der Waals surface area contributed by atoms with Crippen molar-refractivity contribution in [3.8, 4) is 12.3 Å². The van der Waals surface area contributed by atoms with Gasteiger partial charge in [-0.1, -0.05) is 29.7 Å². The first kappa shape index (κ1) is 27.3. The lowest BCUT2D eigenvalue weighted by Gasteiger charge is -2.23. The molecule has 1 aliphatic rings. The maximum absolute atomic E-state index is 13.9. The molecule has 38 heavy (non-hydrogen) atoms. The molecule has 1 unspecified atom stereocenters. The molecule has 3 aromatic rings. The molecule has 0 spiro atoms. The quantitative estimate of drug-likeness (QED) is 0.223. The summed E-state index contributed by atoms with van der Waals surface area (Å²) >= 11 is 6.28. The predicted molar refractivity (Wildman–Crippen MR) is 127 cm³/mol. The molecule has 0 aliphatic heterocycles. The van der Waals surface area contributed by atoms with Gasteiger partial charge in [0.05, 0.1) is 33.9 Å². The Morgan fingerprint density at radius 1 is 1.11 bits per heavy atom. The molecule has 1 heterocycles. The van der Waals surface area contributed by atoms with Crippen molar-refractivity contribution < 1.29 is 35.9 Å². The van der Waals surface area contributed by atoms with Crippen LogP contribution in [0.4, 0.5) is 26.3 Å². The number of nitrogens with two attached hydrogens (primary N) is 1. The van der Waals surface area contributed by atoms with Crippen LogP contribution in [0.1, 0.15) is 50.9 Å². The van der Waals surface area contributed by atoms with Crippen molar-refractivity contribution in [3.05, 3.63) is 69.9 Å². The number of fused-ring (bicyclic) bond motifs is 1. The third-order valence-electron chi connectivity index (χ3n) is 6.02. The first-order chi connectivity index (χ1) is 17.6. The molecule has 1 aliphatic carbocycles. The molecular weight excluding hydrogens is 538 g/mol. The van der Waals surface area contributed by atoms with Gasteiger partial charge < -0.3 is 20.9 Å². The minimum absolute atomic E-state index is 0.0142. The molecule has 1 fully saturated rings. The number of nitrogens with one attached hydrogen (secondary N) is 2. The number of carbonyl (C=O) groups excluding carboxylic acids is 2. The van der Waals surface area contributed by atoms with Crippen molar-refractivity contribution in [2.24, 2.45) is 5.73 Å². The fraction of sp³-hybridized carbons (Fsp3) is 0.280. The van der Waals surface area contributed by atoms with Crippen molar-refractivity contribution in [1.29, 1.82) is 0 Å². The van der Waals surface area contributed by atoms with Gasteiger partial charge in [0.25, 0.3) is 11.8 Å². The average Bonchev–Trinajstić information content (AvgIpc) is 3.44. The van der Waals surface area contributed by atoms with E-state index >= 15 is 0 Å². The Morgan fingerprint density at radius 3 is 2.37 bits per heavy atom. The highest BCUT2D eigenvalue weighted by atomic mass is 35.5. The summed E-state index contributed by atoms with van der Waals surface area (Å²) in [7, 11) is 0. The molecule has 0 radical (unpaired) electrons. The average molecular weight is 557 g/mol. The van der Waals surface area contributed by atoms with Crippen LogP contribution in [0.25, 0.3) is 10.9 Å². The summed E-state index contributed by atoms with van der Waals surface area (Å²) in [5.74, 6) is 0.463. The lowest BCUT2D eigenvalue weighted by molar-refractivity contribution is -0.156. The van der Waals surface area contributed by atoms with Crippen LogP contribution in [-0.4, -0.2) is 28.2 Å². The van der Waals surface area contributed by atoms with Gasteiger partial charge in [-0.3, -0.25) is 9.59 Å². The summed E-state index contributed by atoms with van der Waals surface area (Å²) in [5.41, 5.74) is 2.93. The number of hydrogen-bond donors (Lipinski definition) is 3. The molecule has 13 heteroatoms. The van der Waals surface area contributed by atoms with E-state index in [-0.39, 0.29) is 33.7 Å². The molecule has 0 bridgehead atoms. The van der Waals surface area contributed by atoms with Crippen molar-refractivity contribution in [1.82, 2.24) is 15.2 Å². The fourth-order valence-corrected chi connectivity index (χ4v) is 4.16. The number of amides is 2. The lowest BCUT2D eigenvalue weighted by atomic mass is 10.0. The van der Waals surface area contributed by atoms with Crippen LogP contribution in [0.2, 0.25) is 5.02 Å². The molecule has 1 aromatic heterocycles. The normalized spacial score (nSPS) is 15.6. The Morgan fingerprint density at radius 2 is 1.79 bits per heavy atom. The first-order valence-electron chi connectivity index (χ1n) is 11.1. The van der Waals surface area contributed by atoms with Crippen LogP contribution in [0.3, 0.4) is 0 Å². The number of terminal acetylenes is 1. The minimum Gasteiger partial charge on any atom is -0.335 e. The van der Waals surface area contributed by atoms with Crippen LogP contribution >= 0.6 is 11.6 Å². The zero-order valence-corrected chi connectivity index (χ0v) is 20.1. The predicted octanol–water partition coefficient (Wildman–Crippen LogP) is 5.16. The van der Waals surface area contributed by atoms with Crippen LogP contribution in [0.5, 0.6) is 0 Å². The van der Waals surface area contributed by atoms with Gasteiger partial charge in [-0.25, -0.2) is 0 Å². The monoisotopic (exact) mass is 556 g/mol. The maximum Gasteiger partial charge on any atom is 0.416 e. The SMILES string of the molecule is C#CCn1c(C(=O)NC(c2cccc(C(F)(F)F)c2)C(F)(F)F)cc2cc(C(=O)NC3(N)CC3)c(Cl)cc21. The number of rotatable bonds is 6. The van der Waals surface area contributed by atoms with E-state index in [1.807, 2.05) is 0 Å². The standard InChI is InChI=1S/C25H19ClF6N4O2/c1-2-8-36-18-12-17(26)16(21(37)35-23(33)6-7-23)10-14(18)11-19(36)22(38)34-20(25(30,31)32)13-4-3-5-15(9-13)24(27,28)29/h1,3-5,9-12,20H,6-8,33H2,(H,34,38)(H,35,37). The highest BCUT2D eigenvalue weighted by Gasteiger charge is 2.44. The Balaban J connectivity index is 1.72. The summed E-state index contributed by atoms with van der Waals surface area (Å²) in [6.07, 6.45) is -3.47. The van der Waals surface area contributed by atoms with Gasteiger partial charge in [-0.2, -0.15) is 26.3 Å². The molecule has 1 saturated carbocycles. The van der Waals surface area contributed by atoms with E-state index in [4.69, 9.17) is 23.8 Å². The number of carbonyl (C=O) groups is 2. The number of nitrogens with zero attached hydrogens (tertiary/aromatic N) is 1. The second-order valence-electron chi connectivity index (χ2n) is 8.89. The third kappa shape index (κ3) is 5.58. The van der Waals surface area contributed by atoms with Gasteiger partial charge in [0.1, 0.15) is 5.69 Å². The molecule has 6 nitrogen and oxygen atoms in total. The van der Waals surface area contributed by atoms with Crippen LogP contribution < -0.4 is 16.4 Å². The Labute approximate surface area is 217 Å². The Hall–Kier alpha value is -3.69. The molecular formula is C25H19ClF6N4O2. The molecule has 4 rings (SSSR count). The zero-order valence-electron chi connectivity index (χ0n) is 19.3. The van der Waals surface area contributed by atoms with E-state index < -0.39 is 47.0 Å². The first-order valence-corrected chi connectivity index (χ1v) is 11.4. The Kier molecular flexibility index (Phi) is 6.88. The largest absolute Gasteiger partial charge is 0.416 e. The number of alkyl halides is 6. The fourth-order valence-electron chi connectivity index (χ4n) is 3.91. The van der Waals surface area contributed by atoms with Gasteiger partial charge >= 0.3 is 12.4 Å². The van der Waals surface area contributed by atoms with Crippen LogP contribution in [0, 0.1) is 12.3 Å². The maximum atomic E-state index is 13.9. The molecule has 2 amide bonds. The summed E-state index contributed by atoms with van der Waals surface area (Å²) in [5, 5.41) is 4.65.